The van der Waals surface area contributed by atoms with E-state index < -0.39 is 24.1 Å². The number of amides is 2. The first-order valence-electron chi connectivity index (χ1n) is 11.8. The standard InChI is InChI=1S/C25H35N3O5S2/c1-4-5-7-19(23(30)16-35-15-18-9-11-34-14-18)27-24(31)20(12-17(2)3)28-25(32)33-13-21-22(29)8-6-10-26-21/h6,8-11,14,17,19-20,29H,4-5,7,12-13,15-16H2,1-3H3,(H,27,31)(H,28,32)/t19-,20-/m0/s1. The van der Waals surface area contributed by atoms with Gasteiger partial charge in [-0.05, 0) is 53.3 Å². The van der Waals surface area contributed by atoms with Crippen LogP contribution in [0.15, 0.2) is 35.2 Å². The minimum absolute atomic E-state index is 0.0245. The summed E-state index contributed by atoms with van der Waals surface area (Å²) in [6, 6.07) is 3.60. The fraction of sp³-hybridized carbons (Fsp3) is 0.520. The van der Waals surface area contributed by atoms with Crippen molar-refractivity contribution in [1.29, 1.82) is 0 Å². The third-order valence-corrected chi connectivity index (χ3v) is 6.92. The number of ketones is 1. The lowest BCUT2D eigenvalue weighted by atomic mass is 10.0. The van der Waals surface area contributed by atoms with Crippen LogP contribution in [0.2, 0.25) is 0 Å². The van der Waals surface area contributed by atoms with Crippen molar-refractivity contribution in [1.82, 2.24) is 15.6 Å². The highest BCUT2D eigenvalue weighted by Crippen LogP contribution is 2.17. The summed E-state index contributed by atoms with van der Waals surface area (Å²) in [7, 11) is 0. The third kappa shape index (κ3) is 10.7. The van der Waals surface area contributed by atoms with Crippen molar-refractivity contribution in [3.8, 4) is 5.75 Å². The Kier molecular flexibility index (Phi) is 12.6. The van der Waals surface area contributed by atoms with Crippen molar-refractivity contribution in [3.05, 3.63) is 46.4 Å². The van der Waals surface area contributed by atoms with Gasteiger partial charge in [-0.1, -0.05) is 33.6 Å². The molecule has 192 valence electrons. The van der Waals surface area contributed by atoms with E-state index in [1.54, 1.807) is 17.4 Å². The second kappa shape index (κ2) is 15.4. The number of hydrogen-bond donors (Lipinski definition) is 3. The molecule has 2 atom stereocenters. The SMILES string of the molecule is CCCC[C@H](NC(=O)[C@H](CC(C)C)NC(=O)OCc1ncccc1O)C(=O)CSCc1ccsc1. The normalized spacial score (nSPS) is 12.7. The number of unbranched alkanes of at least 4 members (excludes halogenated alkanes) is 1. The maximum atomic E-state index is 13.1. The van der Waals surface area contributed by atoms with Gasteiger partial charge in [0, 0.05) is 11.9 Å². The van der Waals surface area contributed by atoms with Gasteiger partial charge in [0.25, 0.3) is 0 Å². The third-order valence-electron chi connectivity index (χ3n) is 5.17. The summed E-state index contributed by atoms with van der Waals surface area (Å²) in [5, 5.41) is 19.3. The van der Waals surface area contributed by atoms with Crippen LogP contribution in [0, 0.1) is 5.92 Å². The highest BCUT2D eigenvalue weighted by molar-refractivity contribution is 7.99. The quantitative estimate of drug-likeness (QED) is 0.312. The molecule has 0 saturated carbocycles. The molecule has 2 aromatic heterocycles. The summed E-state index contributed by atoms with van der Waals surface area (Å²) >= 11 is 3.16. The summed E-state index contributed by atoms with van der Waals surface area (Å²) < 4.78 is 5.15. The van der Waals surface area contributed by atoms with Crippen LogP contribution in [-0.4, -0.2) is 45.7 Å². The van der Waals surface area contributed by atoms with Gasteiger partial charge in [0.2, 0.25) is 5.91 Å². The molecule has 0 radical (unpaired) electrons. The number of carbonyl (C=O) groups excluding carboxylic acids is 3. The van der Waals surface area contributed by atoms with E-state index in [0.29, 0.717) is 18.6 Å². The Balaban J connectivity index is 1.95. The van der Waals surface area contributed by atoms with E-state index in [1.165, 1.54) is 29.6 Å². The number of rotatable bonds is 15. The first kappa shape index (κ1) is 28.6. The molecule has 2 aromatic rings. The number of nitrogens with one attached hydrogen (secondary N) is 2. The predicted octanol–water partition coefficient (Wildman–Crippen LogP) is 4.67. The average molecular weight is 522 g/mol. The summed E-state index contributed by atoms with van der Waals surface area (Å²) in [6.45, 7) is 5.70. The predicted molar refractivity (Wildman–Crippen MR) is 139 cm³/mol. The first-order valence-corrected chi connectivity index (χ1v) is 13.9. The van der Waals surface area contributed by atoms with Crippen molar-refractivity contribution < 1.29 is 24.2 Å². The molecule has 8 nitrogen and oxygen atoms in total. The second-order valence-electron chi connectivity index (χ2n) is 8.67. The molecule has 0 fully saturated rings. The zero-order valence-electron chi connectivity index (χ0n) is 20.5. The maximum absolute atomic E-state index is 13.1. The van der Waals surface area contributed by atoms with E-state index in [-0.39, 0.29) is 29.8 Å². The smallest absolute Gasteiger partial charge is 0.408 e. The van der Waals surface area contributed by atoms with Gasteiger partial charge in [0.1, 0.15) is 24.1 Å². The Bertz CT molecular complexity index is 937. The number of ether oxygens (including phenoxy) is 1. The number of alkyl carbamates (subject to hydrolysis) is 1. The zero-order valence-corrected chi connectivity index (χ0v) is 22.1. The van der Waals surface area contributed by atoms with E-state index >= 15 is 0 Å². The topological polar surface area (TPSA) is 118 Å². The number of carbonyl (C=O) groups is 3. The summed E-state index contributed by atoms with van der Waals surface area (Å²) in [5.41, 5.74) is 1.40. The second-order valence-corrected chi connectivity index (χ2v) is 10.4. The molecule has 2 heterocycles. The van der Waals surface area contributed by atoms with E-state index in [0.717, 1.165) is 18.6 Å². The van der Waals surface area contributed by atoms with Gasteiger partial charge in [-0.2, -0.15) is 11.3 Å². The molecule has 0 spiro atoms. The van der Waals surface area contributed by atoms with Crippen molar-refractivity contribution in [3.63, 3.8) is 0 Å². The van der Waals surface area contributed by atoms with Crippen LogP contribution in [0.25, 0.3) is 0 Å². The van der Waals surface area contributed by atoms with Crippen molar-refractivity contribution >= 4 is 40.9 Å². The molecular weight excluding hydrogens is 486 g/mol. The number of aromatic nitrogens is 1. The Morgan fingerprint density at radius 3 is 2.66 bits per heavy atom. The highest BCUT2D eigenvalue weighted by atomic mass is 32.2. The van der Waals surface area contributed by atoms with Gasteiger partial charge in [0.15, 0.2) is 5.78 Å². The van der Waals surface area contributed by atoms with Crippen molar-refractivity contribution in [2.24, 2.45) is 5.92 Å². The lowest BCUT2D eigenvalue weighted by Crippen LogP contribution is -2.52. The van der Waals surface area contributed by atoms with Crippen LogP contribution >= 0.6 is 23.1 Å². The number of thioether (sulfide) groups is 1. The fourth-order valence-corrected chi connectivity index (χ4v) is 4.99. The number of pyridine rings is 1. The van der Waals surface area contributed by atoms with Crippen LogP contribution in [0.4, 0.5) is 4.79 Å². The maximum Gasteiger partial charge on any atom is 0.408 e. The Labute approximate surface area is 215 Å². The number of hydrogen-bond acceptors (Lipinski definition) is 8. The monoisotopic (exact) mass is 521 g/mol. The van der Waals surface area contributed by atoms with Crippen molar-refractivity contribution in [2.45, 2.75) is 70.9 Å². The van der Waals surface area contributed by atoms with E-state index in [2.05, 4.69) is 21.0 Å². The van der Waals surface area contributed by atoms with Gasteiger partial charge < -0.3 is 20.5 Å². The van der Waals surface area contributed by atoms with E-state index in [9.17, 15) is 19.5 Å². The molecular formula is C25H35N3O5S2. The average Bonchev–Trinajstić information content (AvgIpc) is 3.34. The minimum atomic E-state index is -0.852. The van der Waals surface area contributed by atoms with Crippen LogP contribution in [-0.2, 0) is 26.7 Å². The molecule has 0 aromatic carbocycles. The molecule has 0 unspecified atom stereocenters. The Morgan fingerprint density at radius 2 is 2.00 bits per heavy atom. The molecule has 0 aliphatic heterocycles. The first-order chi connectivity index (χ1) is 16.8. The molecule has 0 aliphatic carbocycles. The molecule has 35 heavy (non-hydrogen) atoms. The molecule has 0 bridgehead atoms. The number of Topliss-reactive ketones (excluding diaryl/α,β-unsaturated/α-hetero) is 1. The summed E-state index contributed by atoms with van der Waals surface area (Å²) in [6.07, 6.45) is 3.34. The van der Waals surface area contributed by atoms with Gasteiger partial charge >= 0.3 is 6.09 Å². The van der Waals surface area contributed by atoms with Crippen LogP contribution < -0.4 is 10.6 Å². The van der Waals surface area contributed by atoms with Gasteiger partial charge in [-0.3, -0.25) is 14.6 Å². The van der Waals surface area contributed by atoms with Gasteiger partial charge in [-0.25, -0.2) is 4.79 Å². The largest absolute Gasteiger partial charge is 0.506 e. The summed E-state index contributed by atoms with van der Waals surface area (Å²) in [5.74, 6) is 0.668. The fourth-order valence-electron chi connectivity index (χ4n) is 3.30. The highest BCUT2D eigenvalue weighted by Gasteiger charge is 2.27. The molecule has 10 heteroatoms. The van der Waals surface area contributed by atoms with Crippen LogP contribution in [0.3, 0.4) is 0 Å². The van der Waals surface area contributed by atoms with Crippen LogP contribution in [0.5, 0.6) is 5.75 Å². The number of aromatic hydroxyl groups is 1. The molecule has 0 aliphatic rings. The zero-order chi connectivity index (χ0) is 25.6. The van der Waals surface area contributed by atoms with E-state index in [4.69, 9.17) is 4.74 Å². The minimum Gasteiger partial charge on any atom is -0.506 e. The number of nitrogens with zero attached hydrogens (tertiary/aromatic N) is 1. The molecule has 3 N–H and O–H groups in total. The van der Waals surface area contributed by atoms with Gasteiger partial charge in [-0.15, -0.1) is 11.8 Å². The summed E-state index contributed by atoms with van der Waals surface area (Å²) in [4.78, 5) is 42.3. The lowest BCUT2D eigenvalue weighted by molar-refractivity contribution is -0.128. The van der Waals surface area contributed by atoms with Crippen molar-refractivity contribution in [2.75, 3.05) is 5.75 Å². The van der Waals surface area contributed by atoms with Gasteiger partial charge in [0.05, 0.1) is 11.8 Å². The molecule has 2 rings (SSSR count). The number of thiophene rings is 1. The van der Waals surface area contributed by atoms with Crippen LogP contribution in [0.1, 0.15) is 57.7 Å². The van der Waals surface area contributed by atoms with E-state index in [1.807, 2.05) is 32.2 Å². The molecule has 0 saturated heterocycles. The molecule has 2 amide bonds. The Morgan fingerprint density at radius 1 is 1.20 bits per heavy atom. The Hall–Kier alpha value is -2.59. The lowest BCUT2D eigenvalue weighted by Gasteiger charge is -2.24.